The summed E-state index contributed by atoms with van der Waals surface area (Å²) in [6.45, 7) is 14.7. The van der Waals surface area contributed by atoms with E-state index in [4.69, 9.17) is 0 Å². The molecule has 0 N–H and O–H groups in total. The van der Waals surface area contributed by atoms with Crippen molar-refractivity contribution in [3.05, 3.63) is 69.5 Å². The summed E-state index contributed by atoms with van der Waals surface area (Å²) in [6, 6.07) is 6.58. The Hall–Kier alpha value is -1.77. The molecular weight excluding hydrogens is 429 g/mol. The van der Waals surface area contributed by atoms with Gasteiger partial charge in [0.2, 0.25) is 0 Å². The maximum atomic E-state index is 13.7. The van der Waals surface area contributed by atoms with E-state index < -0.39 is 0 Å². The van der Waals surface area contributed by atoms with Crippen LogP contribution in [0, 0.1) is 36.2 Å². The monoisotopic (exact) mass is 476 g/mol. The first-order valence-electron chi connectivity index (χ1n) is 13.3. The van der Waals surface area contributed by atoms with Gasteiger partial charge in [-0.3, -0.25) is 0 Å². The molecule has 34 heavy (non-hydrogen) atoms. The Morgan fingerprint density at radius 1 is 0.618 bits per heavy atom. The van der Waals surface area contributed by atoms with E-state index in [-0.39, 0.29) is 17.5 Å². The average Bonchev–Trinajstić information content (AvgIpc) is 2.76. The van der Waals surface area contributed by atoms with E-state index in [0.717, 1.165) is 54.7 Å². The lowest BCUT2D eigenvalue weighted by atomic mass is 9.98. The molecule has 0 aliphatic rings. The molecule has 0 nitrogen and oxygen atoms in total. The van der Waals surface area contributed by atoms with Crippen LogP contribution in [0.3, 0.4) is 0 Å². The zero-order chi connectivity index (χ0) is 25.7. The number of unbranched alkanes of at least 4 members (excludes halogenated alkanes) is 2. The lowest BCUT2D eigenvalue weighted by Crippen LogP contribution is -1.98. The Morgan fingerprint density at radius 2 is 1.15 bits per heavy atom. The lowest BCUT2D eigenvalue weighted by molar-refractivity contribution is 0.527. The Morgan fingerprint density at radius 3 is 1.65 bits per heavy atom. The van der Waals surface area contributed by atoms with Crippen LogP contribution in [0.25, 0.3) is 0 Å². The van der Waals surface area contributed by atoms with E-state index in [0.29, 0.717) is 29.9 Å². The predicted molar refractivity (Wildman–Crippen MR) is 141 cm³/mol. The van der Waals surface area contributed by atoms with Gasteiger partial charge in [-0.2, -0.15) is 0 Å². The van der Waals surface area contributed by atoms with Gasteiger partial charge in [-0.05, 0) is 103 Å². The molecule has 3 heteroatoms. The summed E-state index contributed by atoms with van der Waals surface area (Å²) in [6.07, 6.45) is 9.81. The van der Waals surface area contributed by atoms with Gasteiger partial charge in [-0.25, -0.2) is 13.2 Å². The van der Waals surface area contributed by atoms with E-state index >= 15 is 0 Å². The van der Waals surface area contributed by atoms with Crippen molar-refractivity contribution in [3.63, 3.8) is 0 Å². The highest BCUT2D eigenvalue weighted by atomic mass is 19.1. The Balaban J connectivity index is 0.000000340. The largest absolute Gasteiger partial charge is 0.207 e. The van der Waals surface area contributed by atoms with E-state index in [1.807, 2.05) is 20.8 Å². The van der Waals surface area contributed by atoms with Crippen LogP contribution in [0.2, 0.25) is 0 Å². The van der Waals surface area contributed by atoms with Crippen molar-refractivity contribution in [2.45, 2.75) is 113 Å². The summed E-state index contributed by atoms with van der Waals surface area (Å²) in [5, 5.41) is 0. The SMILES string of the molecule is CCc1c(C)cc(CCCCC(C)C)cc1F.CCc1cc(F)c(CCCCC(C)C)cc1F. The third-order valence-corrected chi connectivity index (χ3v) is 6.40. The predicted octanol–water partition coefficient (Wildman–Crippen LogP) is 9.96. The Labute approximate surface area is 207 Å². The van der Waals surface area contributed by atoms with Gasteiger partial charge in [-0.1, -0.05) is 73.3 Å². The summed E-state index contributed by atoms with van der Waals surface area (Å²) in [5.74, 6) is 0.905. The van der Waals surface area contributed by atoms with E-state index in [9.17, 15) is 13.2 Å². The maximum Gasteiger partial charge on any atom is 0.126 e. The van der Waals surface area contributed by atoms with Crippen molar-refractivity contribution >= 4 is 0 Å². The van der Waals surface area contributed by atoms with Crippen molar-refractivity contribution < 1.29 is 13.2 Å². The van der Waals surface area contributed by atoms with Crippen LogP contribution in [0.1, 0.15) is 108 Å². The first kappa shape index (κ1) is 30.3. The molecule has 0 aromatic heterocycles. The molecule has 0 aliphatic carbocycles. The van der Waals surface area contributed by atoms with Crippen LogP contribution < -0.4 is 0 Å². The topological polar surface area (TPSA) is 0 Å². The van der Waals surface area contributed by atoms with Crippen molar-refractivity contribution in [1.82, 2.24) is 0 Å². The summed E-state index contributed by atoms with van der Waals surface area (Å²) < 4.78 is 40.9. The standard InChI is InChI=1S/C16H25F.C15H22F2/c1-5-15-13(4)10-14(11-16(15)17)9-7-6-8-12(2)3;1-4-12-9-15(17)13(10-14(12)16)8-6-5-7-11(2)3/h10-12H,5-9H2,1-4H3;9-11H,4-8H2,1-3H3. The van der Waals surface area contributed by atoms with Crippen molar-refractivity contribution in [1.29, 1.82) is 0 Å². The molecule has 0 saturated carbocycles. The average molecular weight is 477 g/mol. The summed E-state index contributed by atoms with van der Waals surface area (Å²) in [7, 11) is 0. The summed E-state index contributed by atoms with van der Waals surface area (Å²) >= 11 is 0. The second-order valence-corrected chi connectivity index (χ2v) is 10.4. The van der Waals surface area contributed by atoms with E-state index in [1.165, 1.54) is 31.4 Å². The van der Waals surface area contributed by atoms with Gasteiger partial charge in [0.25, 0.3) is 0 Å². The van der Waals surface area contributed by atoms with Crippen molar-refractivity contribution in [3.8, 4) is 0 Å². The minimum Gasteiger partial charge on any atom is -0.207 e. The maximum absolute atomic E-state index is 13.7. The fraction of sp³-hybridized carbons (Fsp3) is 0.613. The van der Waals surface area contributed by atoms with Gasteiger partial charge in [0.05, 0.1) is 0 Å². The normalized spacial score (nSPS) is 11.2. The van der Waals surface area contributed by atoms with E-state index in [1.54, 1.807) is 6.07 Å². The highest BCUT2D eigenvalue weighted by Crippen LogP contribution is 2.20. The van der Waals surface area contributed by atoms with Gasteiger partial charge < -0.3 is 0 Å². The molecular formula is C31H47F3. The molecule has 192 valence electrons. The van der Waals surface area contributed by atoms with Gasteiger partial charge in [0.15, 0.2) is 0 Å². The zero-order valence-corrected chi connectivity index (χ0v) is 22.7. The number of hydrogen-bond donors (Lipinski definition) is 0. The number of hydrogen-bond acceptors (Lipinski definition) is 0. The van der Waals surface area contributed by atoms with Crippen LogP contribution >= 0.6 is 0 Å². The number of benzene rings is 2. The minimum absolute atomic E-state index is 0.0219. The Bertz CT molecular complexity index is 829. The number of halogens is 3. The fourth-order valence-electron chi connectivity index (χ4n) is 4.28. The molecule has 0 atom stereocenters. The fourth-order valence-corrected chi connectivity index (χ4v) is 4.28. The summed E-state index contributed by atoms with van der Waals surface area (Å²) in [4.78, 5) is 0. The van der Waals surface area contributed by atoms with Crippen molar-refractivity contribution in [2.24, 2.45) is 11.8 Å². The second-order valence-electron chi connectivity index (χ2n) is 10.4. The Kier molecular flexibility index (Phi) is 14.2. The third kappa shape index (κ3) is 11.1. The molecule has 0 radical (unpaired) electrons. The third-order valence-electron chi connectivity index (χ3n) is 6.40. The molecule has 0 fully saturated rings. The molecule has 0 bridgehead atoms. The van der Waals surface area contributed by atoms with Crippen LogP contribution in [-0.4, -0.2) is 0 Å². The van der Waals surface area contributed by atoms with Crippen LogP contribution in [0.4, 0.5) is 13.2 Å². The highest BCUT2D eigenvalue weighted by molar-refractivity contribution is 5.32. The quantitative estimate of drug-likeness (QED) is 0.267. The number of rotatable bonds is 12. The van der Waals surface area contributed by atoms with Gasteiger partial charge in [0, 0.05) is 0 Å². The van der Waals surface area contributed by atoms with Crippen LogP contribution in [-0.2, 0) is 25.7 Å². The van der Waals surface area contributed by atoms with Crippen LogP contribution in [0.5, 0.6) is 0 Å². The zero-order valence-electron chi connectivity index (χ0n) is 22.7. The highest BCUT2D eigenvalue weighted by Gasteiger charge is 2.09. The molecule has 2 aromatic rings. The molecule has 2 rings (SSSR count). The molecule has 2 aromatic carbocycles. The molecule has 0 heterocycles. The minimum atomic E-state index is -0.271. The molecule has 0 aliphatic heterocycles. The smallest absolute Gasteiger partial charge is 0.126 e. The first-order valence-corrected chi connectivity index (χ1v) is 13.3. The van der Waals surface area contributed by atoms with Gasteiger partial charge in [-0.15, -0.1) is 0 Å². The van der Waals surface area contributed by atoms with Crippen LogP contribution in [0.15, 0.2) is 24.3 Å². The summed E-state index contributed by atoms with van der Waals surface area (Å²) in [5.41, 5.74) is 4.11. The molecule has 0 unspecified atom stereocenters. The second kappa shape index (κ2) is 16.0. The van der Waals surface area contributed by atoms with Gasteiger partial charge in [0.1, 0.15) is 17.5 Å². The molecule has 0 amide bonds. The van der Waals surface area contributed by atoms with E-state index in [2.05, 4.69) is 33.8 Å². The number of aryl methyl sites for hydroxylation is 4. The molecule has 0 spiro atoms. The first-order chi connectivity index (χ1) is 16.1. The van der Waals surface area contributed by atoms with Crippen molar-refractivity contribution in [2.75, 3.05) is 0 Å². The lowest BCUT2D eigenvalue weighted by Gasteiger charge is -2.09. The molecule has 0 saturated heterocycles. The van der Waals surface area contributed by atoms with Gasteiger partial charge >= 0.3 is 0 Å².